The molecule has 0 amide bonds. The lowest BCUT2D eigenvalue weighted by Gasteiger charge is -2.23. The molecule has 108 heavy (non-hydrogen) atoms. The van der Waals surface area contributed by atoms with E-state index in [1.165, 1.54) is 24.3 Å². The Bertz CT molecular complexity index is 5000. The van der Waals surface area contributed by atoms with E-state index in [1.54, 1.807) is 121 Å². The van der Waals surface area contributed by atoms with Crippen molar-refractivity contribution in [2.45, 2.75) is 51.1 Å². The van der Waals surface area contributed by atoms with Crippen molar-refractivity contribution in [3.05, 3.63) is 263 Å². The second-order valence-corrected chi connectivity index (χ2v) is 26.6. The van der Waals surface area contributed by atoms with Crippen LogP contribution >= 0.6 is 24.4 Å². The summed E-state index contributed by atoms with van der Waals surface area (Å²) in [7, 11) is 0. The molecule has 0 saturated heterocycles. The minimum atomic E-state index is -4.95. The van der Waals surface area contributed by atoms with Gasteiger partial charge in [-0.15, -0.1) is 0 Å². The summed E-state index contributed by atoms with van der Waals surface area (Å²) in [6, 6.07) is 46.7. The zero-order valence-corrected chi connectivity index (χ0v) is 57.8. The van der Waals surface area contributed by atoms with Crippen LogP contribution in [0.25, 0.3) is 65.3 Å². The Balaban J connectivity index is 0.879. The van der Waals surface area contributed by atoms with Crippen LogP contribution in [0.2, 0.25) is 0 Å². The molecule has 12 aromatic rings. The molecule has 0 atom stereocenters. The fraction of sp³-hybridized carbons (Fsp3) is 0.146. The average molecular weight is 1520 g/mol. The highest BCUT2D eigenvalue weighted by Crippen LogP contribution is 2.56. The number of benzene rings is 12. The Morgan fingerprint density at radius 2 is 0.481 bits per heavy atom. The summed E-state index contributed by atoms with van der Waals surface area (Å²) in [5.41, 5.74) is -3.49. The quantitative estimate of drug-likeness (QED) is 0.0655. The number of halogens is 12. The number of thiocarbonyl (C=S) groups is 2. The van der Waals surface area contributed by atoms with Gasteiger partial charge in [0.05, 0.1) is 22.3 Å². The fourth-order valence-electron chi connectivity index (χ4n) is 13.3. The molecule has 0 saturated carbocycles. The lowest BCUT2D eigenvalue weighted by atomic mass is 9.91. The molecule has 0 spiro atoms. The molecule has 20 bridgehead atoms. The van der Waals surface area contributed by atoms with E-state index in [0.29, 0.717) is 76.5 Å². The van der Waals surface area contributed by atoms with E-state index in [2.05, 4.69) is 34.4 Å². The predicted molar refractivity (Wildman–Crippen MR) is 397 cm³/mol. The first-order valence-electron chi connectivity index (χ1n) is 33.2. The van der Waals surface area contributed by atoms with Gasteiger partial charge in [0.1, 0.15) is 52.9 Å². The summed E-state index contributed by atoms with van der Waals surface area (Å²) in [4.78, 5) is 0. The molecule has 3 aliphatic rings. The maximum absolute atomic E-state index is 15.1. The third-order valence-electron chi connectivity index (χ3n) is 17.9. The van der Waals surface area contributed by atoms with E-state index in [-0.39, 0.29) is 117 Å². The van der Waals surface area contributed by atoms with Crippen molar-refractivity contribution in [3.8, 4) is 68.2 Å². The highest BCUT2D eigenvalue weighted by atomic mass is 32.1. The second kappa shape index (κ2) is 28.4. The minimum Gasteiger partial charge on any atom is -0.485 e. The summed E-state index contributed by atoms with van der Waals surface area (Å²) < 4.78 is 233. The number of anilines is 4. The van der Waals surface area contributed by atoms with Gasteiger partial charge in [-0.25, -0.2) is 0 Å². The fourth-order valence-corrected chi connectivity index (χ4v) is 13.7. The molecule has 548 valence electrons. The van der Waals surface area contributed by atoms with Crippen LogP contribution in [-0.4, -0.2) is 36.7 Å². The Morgan fingerprint density at radius 1 is 0.269 bits per heavy atom. The molecule has 26 heteroatoms. The van der Waals surface area contributed by atoms with Gasteiger partial charge in [0, 0.05) is 45.0 Å². The number of ether oxygens (including phenoxy) is 8. The molecule has 0 unspecified atom stereocenters. The molecule has 3 aliphatic heterocycles. The van der Waals surface area contributed by atoms with E-state index >= 15 is 52.7 Å². The monoisotopic (exact) mass is 1520 g/mol. The average Bonchev–Trinajstić information content (AvgIpc) is 0.954. The first kappa shape index (κ1) is 71.7. The molecular weight excluding hydrogens is 1460 g/mol. The van der Waals surface area contributed by atoms with E-state index in [4.69, 9.17) is 62.3 Å². The molecule has 12 nitrogen and oxygen atoms in total. The minimum absolute atomic E-state index is 0.0359. The standard InChI is InChI=1S/C82H56F12N4O8S2/c1-43-35-103-73-65-27-49-11-3-7-15-61(49)69(73)70-62-16-8-4-12-50(62)28-66(74(70)104-36-43)100-40-46-20-54(80(86,87)88)32-58(24-46)96-78(108)98-60-26-48(22-56(34-60)82(92,93)94)42-102-68-30-52-14-6-10-18-64(52)72-71-63-17-9-5-13-51(63)29-67(75(71)105-37-44(2)38-106-76(68)72)101-41-47-21-55(81(89,90)91)33-59(25-47)97-77(107)95-57-23-45(39-99-65)19-53(31-57)79(83,84)85/h3-34H,1-2,35-42H2,(H2,95,97,107)(H2,96,98,108). The van der Waals surface area contributed by atoms with Crippen LogP contribution in [0.15, 0.2) is 218 Å². The van der Waals surface area contributed by atoms with Crippen molar-refractivity contribution in [1.82, 2.24) is 0 Å². The van der Waals surface area contributed by atoms with Crippen LogP contribution in [-0.2, 0) is 51.1 Å². The third-order valence-corrected chi connectivity index (χ3v) is 18.4. The van der Waals surface area contributed by atoms with Crippen molar-refractivity contribution in [1.29, 1.82) is 0 Å². The molecule has 12 aromatic carbocycles. The highest BCUT2D eigenvalue weighted by molar-refractivity contribution is 7.81. The summed E-state index contributed by atoms with van der Waals surface area (Å²) >= 11 is 11.3. The molecule has 0 aromatic heterocycles. The van der Waals surface area contributed by atoms with Gasteiger partial charge in [-0.3, -0.25) is 0 Å². The van der Waals surface area contributed by atoms with Crippen LogP contribution < -0.4 is 59.2 Å². The van der Waals surface area contributed by atoms with Gasteiger partial charge in [0.15, 0.2) is 56.2 Å². The van der Waals surface area contributed by atoms with Gasteiger partial charge >= 0.3 is 24.7 Å². The zero-order valence-electron chi connectivity index (χ0n) is 56.2. The van der Waals surface area contributed by atoms with Crippen molar-refractivity contribution >= 4 is 100 Å². The molecular formula is C82H56F12N4O8S2. The molecule has 15 rings (SSSR count). The first-order chi connectivity index (χ1) is 51.6. The molecule has 0 aliphatic carbocycles. The summed E-state index contributed by atoms with van der Waals surface area (Å²) in [6.45, 7) is 5.37. The van der Waals surface area contributed by atoms with Crippen molar-refractivity contribution < 1.29 is 90.6 Å². The topological polar surface area (TPSA) is 122 Å². The van der Waals surface area contributed by atoms with Gasteiger partial charge in [-0.2, -0.15) is 52.7 Å². The normalized spacial score (nSPS) is 14.8. The van der Waals surface area contributed by atoms with Crippen LogP contribution in [0.5, 0.6) is 46.0 Å². The summed E-state index contributed by atoms with van der Waals surface area (Å²) in [5, 5.41) is 14.5. The number of nitrogens with one attached hydrogen (secondary N) is 4. The van der Waals surface area contributed by atoms with Crippen LogP contribution in [0.4, 0.5) is 75.4 Å². The van der Waals surface area contributed by atoms with Gasteiger partial charge in [0.25, 0.3) is 0 Å². The summed E-state index contributed by atoms with van der Waals surface area (Å²) in [6.07, 6.45) is -19.8. The SMILES string of the molecule is C=C1COc2c3cc4ccccc4c2-c2c(c(cc4ccccc24)OCc2cc(cc(C(F)(F)F)c2)NC(=S)Nc2cc(cc(C(F)(F)F)c2)COc2cc4ccccc4c4c2OCC(=C)COc2c(cc5ccccc5c2-4)OCc2cc(cc(C(F)(F)F)c2)NC(=S)Nc2cc(cc(C(F)(F)F)c2)CO3)OC1. The van der Waals surface area contributed by atoms with E-state index in [1.807, 2.05) is 0 Å². The number of rotatable bonds is 0. The number of alkyl halides is 12. The molecule has 4 N–H and O–H groups in total. The zero-order chi connectivity index (χ0) is 75.6. The Hall–Kier alpha value is -11.9. The van der Waals surface area contributed by atoms with Crippen LogP contribution in [0, 0.1) is 0 Å². The maximum atomic E-state index is 15.1. The smallest absolute Gasteiger partial charge is 0.416 e. The lowest BCUT2D eigenvalue weighted by Crippen LogP contribution is -2.20. The van der Waals surface area contributed by atoms with Crippen molar-refractivity contribution in [2.75, 3.05) is 47.7 Å². The van der Waals surface area contributed by atoms with Crippen LogP contribution in [0.1, 0.15) is 44.5 Å². The lowest BCUT2D eigenvalue weighted by molar-refractivity contribution is -0.138. The van der Waals surface area contributed by atoms with Gasteiger partial charge < -0.3 is 59.2 Å². The van der Waals surface area contributed by atoms with Gasteiger partial charge in [-0.1, -0.05) is 110 Å². The van der Waals surface area contributed by atoms with E-state index in [0.717, 1.165) is 48.5 Å². The largest absolute Gasteiger partial charge is 0.485 e. The van der Waals surface area contributed by atoms with Crippen LogP contribution in [0.3, 0.4) is 0 Å². The second-order valence-electron chi connectivity index (χ2n) is 25.8. The highest BCUT2D eigenvalue weighted by Gasteiger charge is 2.37. The molecule has 3 heterocycles. The van der Waals surface area contributed by atoms with E-state index < -0.39 is 83.6 Å². The first-order valence-corrected chi connectivity index (χ1v) is 34.0. The van der Waals surface area contributed by atoms with Gasteiger partial charge in [0.2, 0.25) is 0 Å². The maximum Gasteiger partial charge on any atom is 0.416 e. The number of fused-ring (bicyclic) bond motifs is 12. The molecule has 0 radical (unpaired) electrons. The van der Waals surface area contributed by atoms with Crippen molar-refractivity contribution in [2.24, 2.45) is 0 Å². The van der Waals surface area contributed by atoms with Crippen molar-refractivity contribution in [3.63, 3.8) is 0 Å². The van der Waals surface area contributed by atoms with E-state index in [9.17, 15) is 0 Å². The Labute approximate surface area is 618 Å². The Kier molecular flexibility index (Phi) is 18.9. The van der Waals surface area contributed by atoms with Gasteiger partial charge in [-0.05, 0) is 198 Å². The molecule has 0 fully saturated rings. The Morgan fingerprint density at radius 3 is 0.694 bits per heavy atom. The predicted octanol–water partition coefficient (Wildman–Crippen LogP) is 22.6. The number of hydrogen-bond donors (Lipinski definition) is 4. The summed E-state index contributed by atoms with van der Waals surface area (Å²) in [5.74, 6) is 0.486. The number of hydrogen-bond acceptors (Lipinski definition) is 10. The third kappa shape index (κ3) is 15.1.